The van der Waals surface area contributed by atoms with Crippen LogP contribution in [0.4, 0.5) is 0 Å². The molecular weight excluding hydrogens is 274 g/mol. The summed E-state index contributed by atoms with van der Waals surface area (Å²) in [5, 5.41) is 11.9. The van der Waals surface area contributed by atoms with Gasteiger partial charge >= 0.3 is 29.6 Å². The zero-order valence-corrected chi connectivity index (χ0v) is 13.2. The molecule has 1 aromatic rings. The van der Waals surface area contributed by atoms with E-state index < -0.39 is 17.2 Å². The maximum Gasteiger partial charge on any atom is 1.00 e. The predicted molar refractivity (Wildman–Crippen MR) is 58.3 cm³/mol. The Hall–Kier alpha value is 0.230. The van der Waals surface area contributed by atoms with Gasteiger partial charge in [-0.1, -0.05) is 29.3 Å². The number of carbonyl (C=O) groups excluding carboxylic acids is 1. The molecule has 3 nitrogen and oxygen atoms in total. The molecule has 1 saturated heterocycles. The van der Waals surface area contributed by atoms with Crippen LogP contribution >= 0.6 is 23.2 Å². The largest absolute Gasteiger partial charge is 1.00 e. The Labute approximate surface area is 131 Å². The van der Waals surface area contributed by atoms with Crippen molar-refractivity contribution in [2.45, 2.75) is 25.0 Å². The number of epoxide rings is 1. The quantitative estimate of drug-likeness (QED) is 0.503. The van der Waals surface area contributed by atoms with Crippen molar-refractivity contribution in [1.29, 1.82) is 0 Å². The van der Waals surface area contributed by atoms with Gasteiger partial charge in [0, 0.05) is 15.6 Å². The first-order valence-electron chi connectivity index (χ1n) is 4.68. The summed E-state index contributed by atoms with van der Waals surface area (Å²) in [6.45, 7) is 3.35. The summed E-state index contributed by atoms with van der Waals surface area (Å²) >= 11 is 11.7. The second-order valence-corrected chi connectivity index (χ2v) is 5.05. The Morgan fingerprint density at radius 1 is 1.35 bits per heavy atom. The smallest absolute Gasteiger partial charge is 0.546 e. The van der Waals surface area contributed by atoms with Crippen molar-refractivity contribution in [2.75, 3.05) is 0 Å². The summed E-state index contributed by atoms with van der Waals surface area (Å²) < 4.78 is 5.27. The fourth-order valence-electron chi connectivity index (χ4n) is 1.91. The van der Waals surface area contributed by atoms with E-state index in [4.69, 9.17) is 27.9 Å². The van der Waals surface area contributed by atoms with Crippen LogP contribution in [0.15, 0.2) is 18.2 Å². The van der Waals surface area contributed by atoms with E-state index in [1.165, 1.54) is 6.07 Å². The fraction of sp³-hybridized carbons (Fsp3) is 0.364. The van der Waals surface area contributed by atoms with E-state index in [-0.39, 0.29) is 34.6 Å². The number of aliphatic carboxylic acids is 1. The molecule has 0 aromatic heterocycles. The fourth-order valence-corrected chi connectivity index (χ4v) is 2.45. The third-order valence-electron chi connectivity index (χ3n) is 2.81. The van der Waals surface area contributed by atoms with Gasteiger partial charge in [-0.05, 0) is 26.0 Å². The van der Waals surface area contributed by atoms with Crippen LogP contribution in [0, 0.1) is 0 Å². The van der Waals surface area contributed by atoms with Crippen molar-refractivity contribution < 1.29 is 44.2 Å². The summed E-state index contributed by atoms with van der Waals surface area (Å²) in [5.74, 6) is -1.29. The van der Waals surface area contributed by atoms with Crippen LogP contribution in [0.25, 0.3) is 0 Å². The van der Waals surface area contributed by atoms with Crippen molar-refractivity contribution in [1.82, 2.24) is 0 Å². The average Bonchev–Trinajstić information content (AvgIpc) is 2.70. The first kappa shape index (κ1) is 15.3. The molecule has 2 rings (SSSR count). The average molecular weight is 283 g/mol. The van der Waals surface area contributed by atoms with E-state index >= 15 is 0 Å². The van der Waals surface area contributed by atoms with Gasteiger partial charge in [-0.15, -0.1) is 0 Å². The summed E-state index contributed by atoms with van der Waals surface area (Å²) in [5.41, 5.74) is -1.90. The maximum absolute atomic E-state index is 11.2. The topological polar surface area (TPSA) is 52.7 Å². The molecule has 0 amide bonds. The third kappa shape index (κ3) is 2.25. The molecular formula is C11H9Cl2NaO3. The van der Waals surface area contributed by atoms with Crippen LogP contribution in [-0.4, -0.2) is 11.6 Å². The van der Waals surface area contributed by atoms with Gasteiger partial charge in [0.1, 0.15) is 5.60 Å². The molecule has 1 fully saturated rings. The van der Waals surface area contributed by atoms with Crippen molar-refractivity contribution in [3.8, 4) is 0 Å². The summed E-state index contributed by atoms with van der Waals surface area (Å²) in [4.78, 5) is 11.2. The summed E-state index contributed by atoms with van der Waals surface area (Å²) in [7, 11) is 0. The molecule has 17 heavy (non-hydrogen) atoms. The monoisotopic (exact) mass is 282 g/mol. The number of carbonyl (C=O) groups is 1. The molecule has 86 valence electrons. The van der Waals surface area contributed by atoms with Gasteiger partial charge in [-0.25, -0.2) is 0 Å². The van der Waals surface area contributed by atoms with Gasteiger partial charge in [0.25, 0.3) is 0 Å². The second-order valence-electron chi connectivity index (χ2n) is 4.21. The van der Waals surface area contributed by atoms with Crippen LogP contribution in [0.3, 0.4) is 0 Å². The van der Waals surface area contributed by atoms with Gasteiger partial charge in [-0.3, -0.25) is 0 Å². The number of hydrogen-bond acceptors (Lipinski definition) is 3. The number of carboxylic acids is 1. The van der Waals surface area contributed by atoms with Crippen molar-refractivity contribution in [3.05, 3.63) is 33.8 Å². The van der Waals surface area contributed by atoms with Crippen LogP contribution < -0.4 is 34.7 Å². The number of benzene rings is 1. The molecule has 0 N–H and O–H groups in total. The van der Waals surface area contributed by atoms with Crippen LogP contribution in [0.2, 0.25) is 10.0 Å². The zero-order valence-electron chi connectivity index (χ0n) is 9.71. The number of rotatable bonds is 2. The minimum Gasteiger partial charge on any atom is -0.546 e. The molecule has 1 unspecified atom stereocenters. The Morgan fingerprint density at radius 2 is 1.88 bits per heavy atom. The zero-order chi connectivity index (χ0) is 12.1. The van der Waals surface area contributed by atoms with E-state index in [1.54, 1.807) is 26.0 Å². The molecule has 1 aliphatic rings. The Morgan fingerprint density at radius 3 is 2.24 bits per heavy atom. The van der Waals surface area contributed by atoms with Gasteiger partial charge in [0.05, 0.1) is 5.97 Å². The predicted octanol–water partition coefficient (Wildman–Crippen LogP) is -1.25. The molecule has 0 saturated carbocycles. The standard InChI is InChI=1S/C11H10Cl2O3.Na/c1-10(2)11(16-10,9(14)15)7-4-3-6(12)5-8(7)13;/h3-5H,1-2H3,(H,14,15);/q;+1/p-1. The maximum atomic E-state index is 11.2. The van der Waals surface area contributed by atoms with Crippen LogP contribution in [-0.2, 0) is 15.1 Å². The van der Waals surface area contributed by atoms with E-state index in [2.05, 4.69) is 0 Å². The van der Waals surface area contributed by atoms with Crippen LogP contribution in [0.1, 0.15) is 19.4 Å². The Kier molecular flexibility index (Phi) is 4.25. The number of halogens is 2. The van der Waals surface area contributed by atoms with E-state index in [0.717, 1.165) is 0 Å². The first-order chi connectivity index (χ1) is 7.31. The van der Waals surface area contributed by atoms with Gasteiger partial charge in [0.2, 0.25) is 0 Å². The normalized spacial score (nSPS) is 24.9. The molecule has 1 atom stereocenters. The number of ether oxygens (including phenoxy) is 1. The molecule has 0 aliphatic carbocycles. The minimum atomic E-state index is -1.46. The molecule has 1 aliphatic heterocycles. The molecule has 6 heteroatoms. The van der Waals surface area contributed by atoms with E-state index in [0.29, 0.717) is 10.6 Å². The Balaban J connectivity index is 0.00000144. The van der Waals surface area contributed by atoms with Gasteiger partial charge in [-0.2, -0.15) is 0 Å². The molecule has 0 radical (unpaired) electrons. The summed E-state index contributed by atoms with van der Waals surface area (Å²) in [6, 6.07) is 4.61. The van der Waals surface area contributed by atoms with Crippen molar-refractivity contribution in [3.63, 3.8) is 0 Å². The summed E-state index contributed by atoms with van der Waals surface area (Å²) in [6.07, 6.45) is 0. The minimum absolute atomic E-state index is 0. The second kappa shape index (κ2) is 4.72. The van der Waals surface area contributed by atoms with Crippen molar-refractivity contribution in [2.24, 2.45) is 0 Å². The van der Waals surface area contributed by atoms with Crippen molar-refractivity contribution >= 4 is 29.2 Å². The molecule has 0 bridgehead atoms. The molecule has 0 spiro atoms. The SMILES string of the molecule is CC1(C)OC1(C(=O)[O-])c1ccc(Cl)cc1Cl.[Na+]. The third-order valence-corrected chi connectivity index (χ3v) is 3.36. The van der Waals surface area contributed by atoms with E-state index in [1.807, 2.05) is 0 Å². The molecule has 1 aromatic carbocycles. The first-order valence-corrected chi connectivity index (χ1v) is 5.44. The number of carboxylic acid groups (broad SMARTS) is 1. The Bertz CT molecular complexity index is 476. The van der Waals surface area contributed by atoms with Crippen LogP contribution in [0.5, 0.6) is 0 Å². The van der Waals surface area contributed by atoms with E-state index in [9.17, 15) is 9.90 Å². The molecule has 1 heterocycles. The van der Waals surface area contributed by atoms with Gasteiger partial charge in [0.15, 0.2) is 5.60 Å². The van der Waals surface area contributed by atoms with Gasteiger partial charge < -0.3 is 14.6 Å². The number of hydrogen-bond donors (Lipinski definition) is 0.